The molecule has 0 aliphatic carbocycles. The average Bonchev–Trinajstić information content (AvgIpc) is 2.41. The molecular formula is C15H23BrN2O2. The molecule has 1 aromatic rings. The Hall–Kier alpha value is -0.650. The molecule has 0 saturated carbocycles. The van der Waals surface area contributed by atoms with Crippen molar-refractivity contribution < 1.29 is 9.84 Å². The largest absolute Gasteiger partial charge is 0.390 e. The van der Waals surface area contributed by atoms with E-state index in [1.807, 2.05) is 12.3 Å². The molecule has 20 heavy (non-hydrogen) atoms. The number of hydrogen-bond acceptors (Lipinski definition) is 4. The van der Waals surface area contributed by atoms with Crippen LogP contribution in [0.2, 0.25) is 0 Å². The van der Waals surface area contributed by atoms with E-state index in [4.69, 9.17) is 4.74 Å². The van der Waals surface area contributed by atoms with E-state index in [1.165, 1.54) is 5.56 Å². The van der Waals surface area contributed by atoms with Gasteiger partial charge in [-0.25, -0.2) is 4.98 Å². The van der Waals surface area contributed by atoms with Crippen LogP contribution in [0.5, 0.6) is 0 Å². The lowest BCUT2D eigenvalue weighted by Gasteiger charge is -2.34. The maximum Gasteiger partial charge on any atom is 0.140 e. The van der Waals surface area contributed by atoms with Gasteiger partial charge in [0.25, 0.3) is 0 Å². The maximum absolute atomic E-state index is 10.5. The van der Waals surface area contributed by atoms with E-state index < -0.39 is 5.60 Å². The van der Waals surface area contributed by atoms with Gasteiger partial charge in [0.15, 0.2) is 0 Å². The number of aryl methyl sites for hydroxylation is 1. The molecule has 1 saturated heterocycles. The van der Waals surface area contributed by atoms with Crippen molar-refractivity contribution in [1.29, 1.82) is 0 Å². The number of aromatic nitrogens is 1. The van der Waals surface area contributed by atoms with Crippen LogP contribution in [0.3, 0.4) is 0 Å². The summed E-state index contributed by atoms with van der Waals surface area (Å²) in [6, 6.07) is 2.18. The minimum Gasteiger partial charge on any atom is -0.390 e. The Balaban J connectivity index is 1.99. The summed E-state index contributed by atoms with van der Waals surface area (Å²) < 4.78 is 6.34. The van der Waals surface area contributed by atoms with Gasteiger partial charge in [-0.3, -0.25) is 0 Å². The van der Waals surface area contributed by atoms with E-state index in [0.717, 1.165) is 16.7 Å². The zero-order chi connectivity index (χ0) is 14.6. The van der Waals surface area contributed by atoms with Crippen molar-refractivity contribution in [3.8, 4) is 0 Å². The molecule has 2 N–H and O–H groups in total. The molecule has 0 spiro atoms. The molecular weight excluding hydrogens is 320 g/mol. The fourth-order valence-electron chi connectivity index (χ4n) is 2.67. The van der Waals surface area contributed by atoms with E-state index in [0.29, 0.717) is 32.5 Å². The quantitative estimate of drug-likeness (QED) is 0.862. The number of halogens is 1. The van der Waals surface area contributed by atoms with Gasteiger partial charge in [-0.2, -0.15) is 0 Å². The van der Waals surface area contributed by atoms with Crippen molar-refractivity contribution in [1.82, 2.24) is 4.98 Å². The Morgan fingerprint density at radius 3 is 2.85 bits per heavy atom. The van der Waals surface area contributed by atoms with Crippen molar-refractivity contribution >= 4 is 21.7 Å². The van der Waals surface area contributed by atoms with Crippen LogP contribution in [-0.4, -0.2) is 34.9 Å². The van der Waals surface area contributed by atoms with E-state index in [9.17, 15) is 5.11 Å². The molecule has 1 aromatic heterocycles. The third kappa shape index (κ3) is 3.93. The number of ether oxygens (including phenoxy) is 1. The first-order chi connectivity index (χ1) is 9.54. The second-order valence-corrected chi connectivity index (χ2v) is 6.37. The highest BCUT2D eigenvalue weighted by Gasteiger charge is 2.31. The first-order valence-corrected chi connectivity index (χ1v) is 8.03. The Bertz CT molecular complexity index is 447. The van der Waals surface area contributed by atoms with Crippen molar-refractivity contribution in [2.24, 2.45) is 0 Å². The van der Waals surface area contributed by atoms with Crippen LogP contribution in [0.25, 0.3) is 0 Å². The van der Waals surface area contributed by atoms with E-state index in [-0.39, 0.29) is 6.04 Å². The normalized spacial score (nSPS) is 19.6. The standard InChI is InChI=1S/C15H23BrN2O2/c1-3-12-4-7-17-14(13(12)16)18-11(2)10-15(19)5-8-20-9-6-15/h4,7,11,19H,3,5-6,8-10H2,1-2H3,(H,17,18). The van der Waals surface area contributed by atoms with Crippen molar-refractivity contribution in [3.05, 3.63) is 22.3 Å². The fraction of sp³-hybridized carbons (Fsp3) is 0.667. The molecule has 2 heterocycles. The number of hydrogen-bond donors (Lipinski definition) is 2. The summed E-state index contributed by atoms with van der Waals surface area (Å²) in [6.07, 6.45) is 4.92. The third-order valence-electron chi connectivity index (χ3n) is 3.84. The van der Waals surface area contributed by atoms with Gasteiger partial charge in [0.05, 0.1) is 10.1 Å². The summed E-state index contributed by atoms with van der Waals surface area (Å²) in [7, 11) is 0. The fourth-order valence-corrected chi connectivity index (χ4v) is 3.30. The molecule has 4 nitrogen and oxygen atoms in total. The molecule has 0 radical (unpaired) electrons. The van der Waals surface area contributed by atoms with Gasteiger partial charge >= 0.3 is 0 Å². The minimum absolute atomic E-state index is 0.161. The maximum atomic E-state index is 10.5. The molecule has 1 aliphatic heterocycles. The first-order valence-electron chi connectivity index (χ1n) is 7.24. The highest BCUT2D eigenvalue weighted by molar-refractivity contribution is 9.10. The Kier molecular flexibility index (Phi) is 5.41. The van der Waals surface area contributed by atoms with Gasteiger partial charge < -0.3 is 15.2 Å². The van der Waals surface area contributed by atoms with E-state index >= 15 is 0 Å². The molecule has 5 heteroatoms. The number of pyridine rings is 1. The predicted octanol–water partition coefficient (Wildman–Crippen LogP) is 3.14. The minimum atomic E-state index is -0.612. The predicted molar refractivity (Wildman–Crippen MR) is 84.0 cm³/mol. The van der Waals surface area contributed by atoms with Crippen LogP contribution in [0.1, 0.15) is 38.7 Å². The molecule has 1 aliphatic rings. The van der Waals surface area contributed by atoms with E-state index in [2.05, 4.69) is 40.1 Å². The topological polar surface area (TPSA) is 54.4 Å². The van der Waals surface area contributed by atoms with Crippen LogP contribution < -0.4 is 5.32 Å². The number of anilines is 1. The van der Waals surface area contributed by atoms with Crippen molar-refractivity contribution in [2.45, 2.75) is 51.2 Å². The van der Waals surface area contributed by atoms with Crippen molar-refractivity contribution in [3.63, 3.8) is 0 Å². The van der Waals surface area contributed by atoms with Crippen molar-refractivity contribution in [2.75, 3.05) is 18.5 Å². The summed E-state index contributed by atoms with van der Waals surface area (Å²) >= 11 is 3.60. The summed E-state index contributed by atoms with van der Waals surface area (Å²) in [5, 5.41) is 13.9. The smallest absolute Gasteiger partial charge is 0.140 e. The molecule has 0 bridgehead atoms. The lowest BCUT2D eigenvalue weighted by atomic mass is 9.88. The molecule has 1 fully saturated rings. The summed E-state index contributed by atoms with van der Waals surface area (Å²) in [5.41, 5.74) is 0.624. The number of rotatable bonds is 5. The lowest BCUT2D eigenvalue weighted by molar-refractivity contribution is -0.0694. The van der Waals surface area contributed by atoms with Crippen LogP contribution >= 0.6 is 15.9 Å². The molecule has 112 valence electrons. The van der Waals surface area contributed by atoms with Crippen LogP contribution in [0, 0.1) is 0 Å². The third-order valence-corrected chi connectivity index (χ3v) is 4.73. The monoisotopic (exact) mass is 342 g/mol. The first kappa shape index (κ1) is 15.7. The van der Waals surface area contributed by atoms with Gasteiger partial charge in [-0.15, -0.1) is 0 Å². The van der Waals surface area contributed by atoms with Gasteiger partial charge in [0.2, 0.25) is 0 Å². The molecule has 2 rings (SSSR count). The molecule has 0 aromatic carbocycles. The zero-order valence-corrected chi connectivity index (χ0v) is 13.7. The molecule has 1 unspecified atom stereocenters. The highest BCUT2D eigenvalue weighted by atomic mass is 79.9. The zero-order valence-electron chi connectivity index (χ0n) is 12.2. The van der Waals surface area contributed by atoms with Crippen LogP contribution in [0.15, 0.2) is 16.7 Å². The van der Waals surface area contributed by atoms with Gasteiger partial charge in [0, 0.05) is 25.5 Å². The lowest BCUT2D eigenvalue weighted by Crippen LogP contribution is -2.40. The SMILES string of the molecule is CCc1ccnc(NC(C)CC2(O)CCOCC2)c1Br. The second-order valence-electron chi connectivity index (χ2n) is 5.57. The molecule has 1 atom stereocenters. The number of nitrogens with zero attached hydrogens (tertiary/aromatic N) is 1. The number of aliphatic hydroxyl groups is 1. The van der Waals surface area contributed by atoms with Crippen LogP contribution in [0.4, 0.5) is 5.82 Å². The number of nitrogens with one attached hydrogen (secondary N) is 1. The summed E-state index contributed by atoms with van der Waals surface area (Å²) in [6.45, 7) is 5.51. The second kappa shape index (κ2) is 6.87. The van der Waals surface area contributed by atoms with Crippen LogP contribution in [-0.2, 0) is 11.2 Å². The Morgan fingerprint density at radius 2 is 2.20 bits per heavy atom. The Labute approximate surface area is 129 Å². The van der Waals surface area contributed by atoms with E-state index in [1.54, 1.807) is 0 Å². The Morgan fingerprint density at radius 1 is 1.50 bits per heavy atom. The highest BCUT2D eigenvalue weighted by Crippen LogP contribution is 2.29. The molecule has 0 amide bonds. The van der Waals surface area contributed by atoms with Gasteiger partial charge in [-0.05, 0) is 60.2 Å². The van der Waals surface area contributed by atoms with Gasteiger partial charge in [-0.1, -0.05) is 6.92 Å². The summed E-state index contributed by atoms with van der Waals surface area (Å²) in [4.78, 5) is 4.38. The summed E-state index contributed by atoms with van der Waals surface area (Å²) in [5.74, 6) is 0.854. The average molecular weight is 343 g/mol. The van der Waals surface area contributed by atoms with Gasteiger partial charge in [0.1, 0.15) is 5.82 Å².